The van der Waals surface area contributed by atoms with E-state index in [0.29, 0.717) is 36.4 Å². The van der Waals surface area contributed by atoms with Gasteiger partial charge in [0.1, 0.15) is 29.0 Å². The van der Waals surface area contributed by atoms with Crippen LogP contribution in [0.4, 0.5) is 13.2 Å². The van der Waals surface area contributed by atoms with Gasteiger partial charge in [-0.2, -0.15) is 18.4 Å². The van der Waals surface area contributed by atoms with Gasteiger partial charge >= 0.3 is 6.18 Å². The number of imidazole rings is 1. The van der Waals surface area contributed by atoms with Crippen molar-refractivity contribution in [1.82, 2.24) is 19.9 Å². The Morgan fingerprint density at radius 3 is 2.70 bits per heavy atom. The number of ether oxygens (including phenoxy) is 1. The van der Waals surface area contributed by atoms with E-state index in [1.54, 1.807) is 17.9 Å². The first kappa shape index (κ1) is 23.0. The number of halogens is 3. The van der Waals surface area contributed by atoms with Crippen LogP contribution in [0.25, 0.3) is 22.3 Å². The van der Waals surface area contributed by atoms with E-state index in [1.807, 2.05) is 6.07 Å². The van der Waals surface area contributed by atoms with Crippen molar-refractivity contribution in [2.45, 2.75) is 19.5 Å². The number of H-pyrrole nitrogens is 1. The van der Waals surface area contributed by atoms with Crippen LogP contribution in [0.3, 0.4) is 0 Å². The third-order valence-corrected chi connectivity index (χ3v) is 6.83. The van der Waals surface area contributed by atoms with Crippen LogP contribution in [-0.2, 0) is 22.4 Å². The van der Waals surface area contributed by atoms with E-state index in [-0.39, 0.29) is 40.9 Å². The molecule has 1 aromatic carbocycles. The summed E-state index contributed by atoms with van der Waals surface area (Å²) in [6.07, 6.45) is -4.20. The molecule has 1 N–H and O–H groups in total. The van der Waals surface area contributed by atoms with Crippen LogP contribution in [0.5, 0.6) is 5.75 Å². The first-order valence-electron chi connectivity index (χ1n) is 10.2. The molecular weight excluding hydrogens is 459 g/mol. The monoisotopic (exact) mass is 479 g/mol. The number of benzene rings is 1. The topological polar surface area (TPSA) is 112 Å². The summed E-state index contributed by atoms with van der Waals surface area (Å²) in [5, 5.41) is 9.53. The minimum absolute atomic E-state index is 0.00164. The first-order chi connectivity index (χ1) is 15.6. The van der Waals surface area contributed by atoms with E-state index in [2.05, 4.69) is 15.0 Å². The molecule has 3 aromatic rings. The third-order valence-electron chi connectivity index (χ3n) is 5.27. The summed E-state index contributed by atoms with van der Waals surface area (Å²) in [6.45, 7) is 2.61. The van der Waals surface area contributed by atoms with Crippen molar-refractivity contribution >= 4 is 20.9 Å². The smallest absolute Gasteiger partial charge is 0.419 e. The summed E-state index contributed by atoms with van der Waals surface area (Å²) in [4.78, 5) is 13.5. The first-order valence-corrected chi connectivity index (χ1v) is 12.0. The largest absolute Gasteiger partial charge is 0.493 e. The second kappa shape index (κ2) is 8.64. The maximum Gasteiger partial charge on any atom is 0.419 e. The molecule has 12 heteroatoms. The van der Waals surface area contributed by atoms with Crippen LogP contribution in [0.15, 0.2) is 24.3 Å². The Kier molecular flexibility index (Phi) is 6.02. The molecule has 1 aliphatic rings. The number of aromatic amines is 1. The van der Waals surface area contributed by atoms with Crippen molar-refractivity contribution in [1.29, 1.82) is 5.26 Å². The van der Waals surface area contributed by atoms with Gasteiger partial charge in [-0.3, -0.25) is 4.90 Å². The highest BCUT2D eigenvalue weighted by atomic mass is 32.2. The van der Waals surface area contributed by atoms with Gasteiger partial charge in [-0.1, -0.05) is 0 Å². The Hall–Kier alpha value is -3.17. The number of alkyl halides is 3. The van der Waals surface area contributed by atoms with Gasteiger partial charge in [0.15, 0.2) is 15.5 Å². The molecular formula is C21H20F3N5O3S. The lowest BCUT2D eigenvalue weighted by Crippen LogP contribution is -2.23. The molecule has 0 unspecified atom stereocenters. The van der Waals surface area contributed by atoms with Crippen molar-refractivity contribution in [2.24, 2.45) is 0 Å². The number of nitriles is 1. The zero-order valence-electron chi connectivity index (χ0n) is 17.6. The second-order valence-electron chi connectivity index (χ2n) is 7.63. The summed E-state index contributed by atoms with van der Waals surface area (Å²) in [6, 6.07) is 7.14. The lowest BCUT2D eigenvalue weighted by molar-refractivity contribution is -0.138. The molecule has 1 saturated heterocycles. The summed E-state index contributed by atoms with van der Waals surface area (Å²) >= 11 is 0. The highest BCUT2D eigenvalue weighted by molar-refractivity contribution is 7.91. The van der Waals surface area contributed by atoms with E-state index in [0.717, 1.165) is 6.07 Å². The second-order valence-corrected chi connectivity index (χ2v) is 9.79. The standard InChI is InChI=1S/C21H20F3N5O3S/c1-2-32-18-4-3-13(9-14(18)21(22,23)24)15-10-16-20(17(11-25)26-15)28-19(27-16)5-6-29-7-8-33(30,31)12-29/h3-4,9-10H,2,5-8,12H2,1H3,(H,27,28). The molecule has 174 valence electrons. The zero-order valence-corrected chi connectivity index (χ0v) is 18.4. The van der Waals surface area contributed by atoms with E-state index >= 15 is 0 Å². The quantitative estimate of drug-likeness (QED) is 0.578. The van der Waals surface area contributed by atoms with Crippen LogP contribution < -0.4 is 4.74 Å². The van der Waals surface area contributed by atoms with Crippen molar-refractivity contribution in [2.75, 3.05) is 31.3 Å². The van der Waals surface area contributed by atoms with Gasteiger partial charge in [0.05, 0.1) is 29.1 Å². The van der Waals surface area contributed by atoms with E-state index in [4.69, 9.17) is 4.74 Å². The van der Waals surface area contributed by atoms with Gasteiger partial charge < -0.3 is 9.72 Å². The SMILES string of the molecule is CCOc1ccc(-c2cc3[nH]c(CCN4CCS(=O)(=O)C4)nc3c(C#N)n2)cc1C(F)(F)F. The third kappa shape index (κ3) is 4.94. The summed E-state index contributed by atoms with van der Waals surface area (Å²) in [5.74, 6) is 0.387. The Labute approximate surface area is 187 Å². The highest BCUT2D eigenvalue weighted by Gasteiger charge is 2.35. The lowest BCUT2D eigenvalue weighted by atomic mass is 10.1. The van der Waals surface area contributed by atoms with Gasteiger partial charge in [-0.15, -0.1) is 0 Å². The fourth-order valence-corrected chi connectivity index (χ4v) is 5.20. The van der Waals surface area contributed by atoms with Crippen molar-refractivity contribution in [3.05, 3.63) is 41.3 Å². The number of pyridine rings is 1. The number of nitrogens with one attached hydrogen (secondary N) is 1. The molecule has 8 nitrogen and oxygen atoms in total. The molecule has 1 aliphatic heterocycles. The Morgan fingerprint density at radius 1 is 1.27 bits per heavy atom. The van der Waals surface area contributed by atoms with Crippen molar-refractivity contribution in [3.8, 4) is 23.1 Å². The summed E-state index contributed by atoms with van der Waals surface area (Å²) < 4.78 is 68.9. The summed E-state index contributed by atoms with van der Waals surface area (Å²) in [7, 11) is -3.04. The maximum absolute atomic E-state index is 13.5. The number of hydrogen-bond acceptors (Lipinski definition) is 7. The normalized spacial score (nSPS) is 16.2. The number of aromatic nitrogens is 3. The Balaban J connectivity index is 1.66. The van der Waals surface area contributed by atoms with Crippen LogP contribution >= 0.6 is 0 Å². The predicted octanol–water partition coefficient (Wildman–Crippen LogP) is 3.14. The zero-order chi connectivity index (χ0) is 23.8. The molecule has 0 saturated carbocycles. The lowest BCUT2D eigenvalue weighted by Gasteiger charge is -2.14. The highest BCUT2D eigenvalue weighted by Crippen LogP contribution is 2.39. The van der Waals surface area contributed by atoms with Gasteiger partial charge in [0, 0.05) is 25.1 Å². The Bertz CT molecular complexity index is 1350. The maximum atomic E-state index is 13.5. The molecule has 0 amide bonds. The predicted molar refractivity (Wildman–Crippen MR) is 114 cm³/mol. The molecule has 0 radical (unpaired) electrons. The van der Waals surface area contributed by atoms with Crippen molar-refractivity contribution in [3.63, 3.8) is 0 Å². The number of fused-ring (bicyclic) bond motifs is 1. The number of sulfone groups is 1. The van der Waals surface area contributed by atoms with E-state index < -0.39 is 21.6 Å². The molecule has 4 rings (SSSR count). The van der Waals surface area contributed by atoms with Crippen LogP contribution in [0.2, 0.25) is 0 Å². The van der Waals surface area contributed by atoms with Crippen LogP contribution in [-0.4, -0.2) is 59.6 Å². The molecule has 2 aromatic heterocycles. The van der Waals surface area contributed by atoms with Crippen molar-refractivity contribution < 1.29 is 26.3 Å². The van der Waals surface area contributed by atoms with E-state index in [9.17, 15) is 26.9 Å². The fraction of sp³-hybridized carbons (Fsp3) is 0.381. The molecule has 33 heavy (non-hydrogen) atoms. The van der Waals surface area contributed by atoms with Gasteiger partial charge in [0.2, 0.25) is 0 Å². The number of hydrogen-bond donors (Lipinski definition) is 1. The molecule has 1 fully saturated rings. The van der Waals surface area contributed by atoms with E-state index in [1.165, 1.54) is 12.1 Å². The Morgan fingerprint density at radius 2 is 2.06 bits per heavy atom. The number of nitrogens with zero attached hydrogens (tertiary/aromatic N) is 4. The minimum atomic E-state index is -4.62. The van der Waals surface area contributed by atoms with Crippen LogP contribution in [0, 0.1) is 11.3 Å². The number of rotatable bonds is 6. The fourth-order valence-electron chi connectivity index (χ4n) is 3.72. The average molecular weight is 479 g/mol. The molecule has 0 atom stereocenters. The van der Waals surface area contributed by atoms with Crippen LogP contribution in [0.1, 0.15) is 24.0 Å². The minimum Gasteiger partial charge on any atom is -0.493 e. The van der Waals surface area contributed by atoms with Gasteiger partial charge in [0.25, 0.3) is 0 Å². The van der Waals surface area contributed by atoms with Gasteiger partial charge in [-0.25, -0.2) is 18.4 Å². The molecule has 0 aliphatic carbocycles. The molecule has 0 spiro atoms. The molecule has 0 bridgehead atoms. The average Bonchev–Trinajstić information content (AvgIpc) is 3.33. The summed E-state index contributed by atoms with van der Waals surface area (Å²) in [5.41, 5.74) is 0.204. The van der Waals surface area contributed by atoms with Gasteiger partial charge in [-0.05, 0) is 31.2 Å². The molecule has 3 heterocycles.